The normalized spacial score (nSPS) is 35.3. The van der Waals surface area contributed by atoms with Crippen LogP contribution in [-0.2, 0) is 14.3 Å². The molecule has 0 amide bonds. The molecule has 0 aromatic heterocycles. The van der Waals surface area contributed by atoms with E-state index >= 15 is 0 Å². The van der Waals surface area contributed by atoms with Crippen LogP contribution in [0, 0.1) is 0 Å². The van der Waals surface area contributed by atoms with Crippen LogP contribution in [0.5, 0.6) is 0 Å². The highest BCUT2D eigenvalue weighted by molar-refractivity contribution is 5.78. The van der Waals surface area contributed by atoms with Crippen LogP contribution >= 0.6 is 0 Å². The first-order valence-electron chi connectivity index (χ1n) is 6.27. The largest absolute Gasteiger partial charge is 0.461 e. The molecule has 0 aliphatic carbocycles. The molecular formula is C12H22N2O3. The van der Waals surface area contributed by atoms with Gasteiger partial charge in [-0.3, -0.25) is 9.69 Å². The van der Waals surface area contributed by atoms with Gasteiger partial charge in [0.05, 0.1) is 12.7 Å². The molecule has 3 unspecified atom stereocenters. The van der Waals surface area contributed by atoms with Crippen molar-refractivity contribution in [2.75, 3.05) is 40.3 Å². The fraction of sp³-hybridized carbons (Fsp3) is 0.917. The van der Waals surface area contributed by atoms with Crippen LogP contribution < -0.4 is 0 Å². The number of hydrogen-bond donors (Lipinski definition) is 0. The van der Waals surface area contributed by atoms with Crippen molar-refractivity contribution in [3.05, 3.63) is 0 Å². The quantitative estimate of drug-likeness (QED) is 0.649. The fourth-order valence-electron chi connectivity index (χ4n) is 2.58. The van der Waals surface area contributed by atoms with Crippen molar-refractivity contribution in [2.45, 2.75) is 31.6 Å². The number of carbonyl (C=O) groups excluding carboxylic acids is 1. The number of likely N-dealkylation sites (N-methyl/N-ethyl adjacent to an activating group) is 1. The minimum Gasteiger partial charge on any atom is -0.461 e. The molecular weight excluding hydrogens is 220 g/mol. The molecule has 0 bridgehead atoms. The summed E-state index contributed by atoms with van der Waals surface area (Å²) in [5, 5.41) is 0. The van der Waals surface area contributed by atoms with Gasteiger partial charge in [-0.2, -0.15) is 0 Å². The van der Waals surface area contributed by atoms with Gasteiger partial charge >= 0.3 is 5.97 Å². The summed E-state index contributed by atoms with van der Waals surface area (Å²) < 4.78 is 10.9. The van der Waals surface area contributed by atoms with Gasteiger partial charge in [-0.05, 0) is 21.0 Å². The molecule has 0 aromatic rings. The zero-order valence-corrected chi connectivity index (χ0v) is 10.9. The molecule has 5 heteroatoms. The van der Waals surface area contributed by atoms with Gasteiger partial charge in [-0.15, -0.1) is 0 Å². The van der Waals surface area contributed by atoms with Crippen molar-refractivity contribution in [3.63, 3.8) is 0 Å². The third kappa shape index (κ3) is 3.18. The van der Waals surface area contributed by atoms with Gasteiger partial charge in [-0.1, -0.05) is 0 Å². The molecule has 2 aliphatic heterocycles. The molecule has 2 rings (SSSR count). The topological polar surface area (TPSA) is 42.0 Å². The van der Waals surface area contributed by atoms with Crippen LogP contribution in [0.3, 0.4) is 0 Å². The molecule has 0 aromatic carbocycles. The lowest BCUT2D eigenvalue weighted by molar-refractivity contribution is -0.147. The Labute approximate surface area is 103 Å². The van der Waals surface area contributed by atoms with E-state index in [1.54, 1.807) is 0 Å². The zero-order valence-electron chi connectivity index (χ0n) is 10.9. The number of morpholine rings is 1. The first-order valence-corrected chi connectivity index (χ1v) is 6.27. The summed E-state index contributed by atoms with van der Waals surface area (Å²) in [6.07, 6.45) is 1.07. The number of hydrogen-bond acceptors (Lipinski definition) is 5. The molecule has 0 N–H and O–H groups in total. The molecule has 2 heterocycles. The van der Waals surface area contributed by atoms with Gasteiger partial charge in [-0.25, -0.2) is 0 Å². The van der Waals surface area contributed by atoms with E-state index in [2.05, 4.69) is 9.80 Å². The predicted molar refractivity (Wildman–Crippen MR) is 63.8 cm³/mol. The number of esters is 1. The minimum absolute atomic E-state index is 0.0569. The third-order valence-corrected chi connectivity index (χ3v) is 3.32. The van der Waals surface area contributed by atoms with Crippen LogP contribution in [-0.4, -0.2) is 74.4 Å². The summed E-state index contributed by atoms with van der Waals surface area (Å²) in [5.41, 5.74) is 0. The second-order valence-corrected chi connectivity index (χ2v) is 5.25. The number of cyclic esters (lactones) is 1. The van der Waals surface area contributed by atoms with Gasteiger partial charge < -0.3 is 14.4 Å². The van der Waals surface area contributed by atoms with Crippen LogP contribution in [0.15, 0.2) is 0 Å². The van der Waals surface area contributed by atoms with Crippen LogP contribution in [0.4, 0.5) is 0 Å². The van der Waals surface area contributed by atoms with E-state index in [-0.39, 0.29) is 24.2 Å². The van der Waals surface area contributed by atoms with E-state index in [1.807, 2.05) is 21.0 Å². The van der Waals surface area contributed by atoms with Crippen molar-refractivity contribution >= 4 is 5.97 Å². The second-order valence-electron chi connectivity index (χ2n) is 5.25. The highest BCUT2D eigenvalue weighted by atomic mass is 16.6. The summed E-state index contributed by atoms with van der Waals surface area (Å²) in [6.45, 7) is 5.21. The Morgan fingerprint density at radius 2 is 2.24 bits per heavy atom. The van der Waals surface area contributed by atoms with E-state index < -0.39 is 0 Å². The monoisotopic (exact) mass is 242 g/mol. The Hall–Kier alpha value is -0.650. The molecule has 5 nitrogen and oxygen atoms in total. The lowest BCUT2D eigenvalue weighted by atomic mass is 10.1. The Morgan fingerprint density at radius 3 is 2.82 bits per heavy atom. The Kier molecular flexibility index (Phi) is 4.01. The number of nitrogens with zero attached hydrogens (tertiary/aromatic N) is 2. The molecule has 2 fully saturated rings. The van der Waals surface area contributed by atoms with E-state index in [1.165, 1.54) is 0 Å². The fourth-order valence-corrected chi connectivity index (χ4v) is 2.58. The summed E-state index contributed by atoms with van der Waals surface area (Å²) in [5.74, 6) is -0.0667. The first-order chi connectivity index (χ1) is 8.06. The molecule has 3 atom stereocenters. The van der Waals surface area contributed by atoms with Gasteiger partial charge in [0.2, 0.25) is 0 Å². The number of rotatable bonds is 3. The lowest BCUT2D eigenvalue weighted by Gasteiger charge is -2.36. The van der Waals surface area contributed by atoms with Crippen LogP contribution in [0.2, 0.25) is 0 Å². The van der Waals surface area contributed by atoms with Crippen molar-refractivity contribution in [2.24, 2.45) is 0 Å². The van der Waals surface area contributed by atoms with E-state index in [0.717, 1.165) is 26.1 Å². The lowest BCUT2D eigenvalue weighted by Crippen LogP contribution is -2.51. The van der Waals surface area contributed by atoms with Crippen molar-refractivity contribution < 1.29 is 14.3 Å². The summed E-state index contributed by atoms with van der Waals surface area (Å²) in [4.78, 5) is 16.0. The summed E-state index contributed by atoms with van der Waals surface area (Å²) in [7, 11) is 4.07. The van der Waals surface area contributed by atoms with E-state index in [4.69, 9.17) is 9.47 Å². The zero-order chi connectivity index (χ0) is 12.4. The SMILES string of the molecule is CC1CC(N2CCOC(CN(C)C)C2)C(=O)O1. The van der Waals surface area contributed by atoms with Crippen molar-refractivity contribution in [1.29, 1.82) is 0 Å². The van der Waals surface area contributed by atoms with Crippen LogP contribution in [0.1, 0.15) is 13.3 Å². The molecule has 17 heavy (non-hydrogen) atoms. The minimum atomic E-state index is -0.0667. The first kappa shape index (κ1) is 12.8. The maximum Gasteiger partial charge on any atom is 0.323 e. The molecule has 0 radical (unpaired) electrons. The molecule has 0 saturated carbocycles. The highest BCUT2D eigenvalue weighted by Crippen LogP contribution is 2.22. The van der Waals surface area contributed by atoms with Gasteiger partial charge in [0, 0.05) is 26.1 Å². The summed E-state index contributed by atoms with van der Waals surface area (Å²) >= 11 is 0. The molecule has 2 saturated heterocycles. The molecule has 98 valence electrons. The predicted octanol–water partition coefficient (Wildman–Crippen LogP) is -0.0472. The Bertz CT molecular complexity index is 283. The maximum absolute atomic E-state index is 11.7. The smallest absolute Gasteiger partial charge is 0.323 e. The van der Waals surface area contributed by atoms with Gasteiger partial charge in [0.15, 0.2) is 0 Å². The Balaban J connectivity index is 1.90. The van der Waals surface area contributed by atoms with E-state index in [0.29, 0.717) is 6.61 Å². The average molecular weight is 242 g/mol. The number of carbonyl (C=O) groups is 1. The van der Waals surface area contributed by atoms with Crippen LogP contribution in [0.25, 0.3) is 0 Å². The second kappa shape index (κ2) is 5.33. The van der Waals surface area contributed by atoms with E-state index in [9.17, 15) is 4.79 Å². The van der Waals surface area contributed by atoms with Crippen molar-refractivity contribution in [3.8, 4) is 0 Å². The summed E-state index contributed by atoms with van der Waals surface area (Å²) in [6, 6.07) is -0.0569. The highest BCUT2D eigenvalue weighted by Gasteiger charge is 2.38. The maximum atomic E-state index is 11.7. The van der Waals surface area contributed by atoms with Gasteiger partial charge in [0.1, 0.15) is 12.1 Å². The van der Waals surface area contributed by atoms with Crippen molar-refractivity contribution in [1.82, 2.24) is 9.80 Å². The standard InChI is InChI=1S/C12H22N2O3/c1-9-6-11(12(15)17-9)14-4-5-16-10(8-14)7-13(2)3/h9-11H,4-8H2,1-3H3. The average Bonchev–Trinajstić information content (AvgIpc) is 2.57. The van der Waals surface area contributed by atoms with Gasteiger partial charge in [0.25, 0.3) is 0 Å². The number of ether oxygens (including phenoxy) is 2. The Morgan fingerprint density at radius 1 is 1.47 bits per heavy atom. The molecule has 0 spiro atoms. The third-order valence-electron chi connectivity index (χ3n) is 3.32. The molecule has 2 aliphatic rings.